The van der Waals surface area contributed by atoms with Gasteiger partial charge in [-0.15, -0.1) is 0 Å². The fraction of sp³-hybridized carbons (Fsp3) is 0.200. The number of benzene rings is 1. The summed E-state index contributed by atoms with van der Waals surface area (Å²) in [5, 5.41) is 0. The number of hydrogen-bond acceptors (Lipinski definition) is 2. The first kappa shape index (κ1) is 12.1. The van der Waals surface area contributed by atoms with E-state index in [-0.39, 0.29) is 6.04 Å². The second-order valence-corrected chi connectivity index (χ2v) is 5.12. The SMILES string of the molecule is Cc1cccc2[nH]c(=S)n(C(C)c3cccnc3)c12. The molecule has 0 saturated heterocycles. The van der Waals surface area contributed by atoms with Crippen LogP contribution in [-0.4, -0.2) is 14.5 Å². The number of nitrogens with zero attached hydrogens (tertiary/aromatic N) is 2. The number of aromatic amines is 1. The number of para-hydroxylation sites is 1. The molecule has 0 bridgehead atoms. The van der Waals surface area contributed by atoms with Crippen LogP contribution in [-0.2, 0) is 0 Å². The van der Waals surface area contributed by atoms with Gasteiger partial charge in [0.05, 0.1) is 17.1 Å². The van der Waals surface area contributed by atoms with Crippen molar-refractivity contribution in [2.45, 2.75) is 19.9 Å². The number of H-pyrrole nitrogens is 1. The quantitative estimate of drug-likeness (QED) is 0.713. The molecule has 2 aromatic heterocycles. The lowest BCUT2D eigenvalue weighted by Crippen LogP contribution is -2.07. The number of aromatic nitrogens is 3. The normalized spacial score (nSPS) is 12.7. The Morgan fingerprint density at radius 2 is 2.11 bits per heavy atom. The Bertz CT molecular complexity index is 771. The molecule has 96 valence electrons. The molecule has 0 spiro atoms. The number of nitrogens with one attached hydrogen (secondary N) is 1. The van der Waals surface area contributed by atoms with Crippen LogP contribution in [0.5, 0.6) is 0 Å². The van der Waals surface area contributed by atoms with Crippen molar-refractivity contribution in [2.24, 2.45) is 0 Å². The van der Waals surface area contributed by atoms with Gasteiger partial charge in [0.1, 0.15) is 0 Å². The van der Waals surface area contributed by atoms with Gasteiger partial charge in [-0.05, 0) is 49.3 Å². The first-order valence-corrected chi connectivity index (χ1v) is 6.69. The Morgan fingerprint density at radius 3 is 2.84 bits per heavy atom. The van der Waals surface area contributed by atoms with Gasteiger partial charge in [-0.2, -0.15) is 0 Å². The lowest BCUT2D eigenvalue weighted by Gasteiger charge is -2.15. The largest absolute Gasteiger partial charge is 0.331 e. The Balaban J connectivity index is 2.26. The molecular formula is C15H15N3S. The number of aryl methyl sites for hydroxylation is 1. The van der Waals surface area contributed by atoms with E-state index >= 15 is 0 Å². The van der Waals surface area contributed by atoms with E-state index in [1.54, 1.807) is 6.20 Å². The van der Waals surface area contributed by atoms with Crippen molar-refractivity contribution < 1.29 is 0 Å². The molecule has 3 aromatic rings. The van der Waals surface area contributed by atoms with E-state index in [9.17, 15) is 0 Å². The molecule has 1 aromatic carbocycles. The number of hydrogen-bond donors (Lipinski definition) is 1. The second kappa shape index (κ2) is 4.63. The molecule has 2 heterocycles. The van der Waals surface area contributed by atoms with Crippen LogP contribution < -0.4 is 0 Å². The van der Waals surface area contributed by atoms with Crippen LogP contribution in [0.3, 0.4) is 0 Å². The van der Waals surface area contributed by atoms with Gasteiger partial charge < -0.3 is 9.55 Å². The summed E-state index contributed by atoms with van der Waals surface area (Å²) in [5.74, 6) is 0. The molecular weight excluding hydrogens is 254 g/mol. The maximum atomic E-state index is 5.48. The molecule has 0 amide bonds. The molecule has 0 aliphatic heterocycles. The van der Waals surface area contributed by atoms with Crippen molar-refractivity contribution in [3.8, 4) is 0 Å². The zero-order valence-corrected chi connectivity index (χ0v) is 11.7. The molecule has 0 fully saturated rings. The highest BCUT2D eigenvalue weighted by molar-refractivity contribution is 7.71. The van der Waals surface area contributed by atoms with Gasteiger partial charge in [0, 0.05) is 12.4 Å². The van der Waals surface area contributed by atoms with E-state index < -0.39 is 0 Å². The summed E-state index contributed by atoms with van der Waals surface area (Å²) < 4.78 is 2.91. The van der Waals surface area contributed by atoms with Crippen LogP contribution in [0.1, 0.15) is 24.1 Å². The first-order chi connectivity index (χ1) is 9.18. The highest BCUT2D eigenvalue weighted by Gasteiger charge is 2.14. The third-order valence-electron chi connectivity index (χ3n) is 3.49. The van der Waals surface area contributed by atoms with Crippen molar-refractivity contribution in [1.29, 1.82) is 0 Å². The van der Waals surface area contributed by atoms with Crippen LogP contribution in [0, 0.1) is 11.7 Å². The average Bonchev–Trinajstić information content (AvgIpc) is 2.76. The molecule has 1 N–H and O–H groups in total. The highest BCUT2D eigenvalue weighted by atomic mass is 32.1. The van der Waals surface area contributed by atoms with Crippen molar-refractivity contribution in [3.63, 3.8) is 0 Å². The van der Waals surface area contributed by atoms with Gasteiger partial charge in [0.2, 0.25) is 0 Å². The standard InChI is InChI=1S/C15H15N3S/c1-10-5-3-7-13-14(10)18(15(19)17-13)11(2)12-6-4-8-16-9-12/h3-9,11H,1-2H3,(H,17,19). The molecule has 0 aliphatic carbocycles. The minimum absolute atomic E-state index is 0.163. The Morgan fingerprint density at radius 1 is 1.26 bits per heavy atom. The molecule has 0 radical (unpaired) electrons. The van der Waals surface area contributed by atoms with Crippen LogP contribution in [0.15, 0.2) is 42.7 Å². The summed E-state index contributed by atoms with van der Waals surface area (Å²) in [7, 11) is 0. The molecule has 3 nitrogen and oxygen atoms in total. The number of imidazole rings is 1. The summed E-state index contributed by atoms with van der Waals surface area (Å²) in [4.78, 5) is 7.47. The molecule has 0 saturated carbocycles. The third-order valence-corrected chi connectivity index (χ3v) is 3.79. The van der Waals surface area contributed by atoms with Gasteiger partial charge >= 0.3 is 0 Å². The smallest absolute Gasteiger partial charge is 0.178 e. The van der Waals surface area contributed by atoms with E-state index in [1.165, 1.54) is 11.1 Å². The van der Waals surface area contributed by atoms with Crippen molar-refractivity contribution >= 4 is 23.3 Å². The van der Waals surface area contributed by atoms with E-state index in [0.29, 0.717) is 0 Å². The maximum Gasteiger partial charge on any atom is 0.178 e. The topological polar surface area (TPSA) is 33.6 Å². The molecule has 1 atom stereocenters. The number of pyridine rings is 1. The predicted octanol–water partition coefficient (Wildman–Crippen LogP) is 4.01. The zero-order chi connectivity index (χ0) is 13.4. The maximum absolute atomic E-state index is 5.48. The van der Waals surface area contributed by atoms with Crippen LogP contribution >= 0.6 is 12.2 Å². The molecule has 4 heteroatoms. The summed E-state index contributed by atoms with van der Waals surface area (Å²) in [6.45, 7) is 4.25. The fourth-order valence-electron chi connectivity index (χ4n) is 2.50. The van der Waals surface area contributed by atoms with Gasteiger partial charge in [-0.3, -0.25) is 4.98 Å². The zero-order valence-electron chi connectivity index (χ0n) is 10.9. The van der Waals surface area contributed by atoms with E-state index in [2.05, 4.69) is 46.6 Å². The van der Waals surface area contributed by atoms with Gasteiger partial charge in [-0.25, -0.2) is 0 Å². The van der Waals surface area contributed by atoms with Crippen molar-refractivity contribution in [1.82, 2.24) is 14.5 Å². The van der Waals surface area contributed by atoms with E-state index in [1.807, 2.05) is 18.3 Å². The second-order valence-electron chi connectivity index (χ2n) is 4.73. The minimum atomic E-state index is 0.163. The van der Waals surface area contributed by atoms with Crippen molar-refractivity contribution in [2.75, 3.05) is 0 Å². The summed E-state index contributed by atoms with van der Waals surface area (Å²) in [5.41, 5.74) is 4.63. The van der Waals surface area contributed by atoms with Crippen LogP contribution in [0.25, 0.3) is 11.0 Å². The predicted molar refractivity (Wildman–Crippen MR) is 79.9 cm³/mol. The summed E-state index contributed by atoms with van der Waals surface area (Å²) >= 11 is 5.48. The number of rotatable bonds is 2. The fourth-order valence-corrected chi connectivity index (χ4v) is 2.86. The van der Waals surface area contributed by atoms with Gasteiger partial charge in [0.15, 0.2) is 4.77 Å². The first-order valence-electron chi connectivity index (χ1n) is 6.28. The van der Waals surface area contributed by atoms with E-state index in [4.69, 9.17) is 12.2 Å². The van der Waals surface area contributed by atoms with E-state index in [0.717, 1.165) is 15.9 Å². The molecule has 3 rings (SSSR count). The highest BCUT2D eigenvalue weighted by Crippen LogP contribution is 2.25. The van der Waals surface area contributed by atoms with Crippen LogP contribution in [0.4, 0.5) is 0 Å². The lowest BCUT2D eigenvalue weighted by molar-refractivity contribution is 0.645. The molecule has 0 aliphatic rings. The minimum Gasteiger partial charge on any atom is -0.331 e. The van der Waals surface area contributed by atoms with Gasteiger partial charge in [0.25, 0.3) is 0 Å². The van der Waals surface area contributed by atoms with Crippen LogP contribution in [0.2, 0.25) is 0 Å². The third kappa shape index (κ3) is 1.98. The summed E-state index contributed by atoms with van der Waals surface area (Å²) in [6.07, 6.45) is 3.68. The molecule has 1 unspecified atom stereocenters. The van der Waals surface area contributed by atoms with Crippen molar-refractivity contribution in [3.05, 3.63) is 58.6 Å². The molecule has 19 heavy (non-hydrogen) atoms. The Hall–Kier alpha value is -1.94. The lowest BCUT2D eigenvalue weighted by atomic mass is 10.1. The monoisotopic (exact) mass is 269 g/mol. The van der Waals surface area contributed by atoms with Gasteiger partial charge in [-0.1, -0.05) is 18.2 Å². The average molecular weight is 269 g/mol. The number of fused-ring (bicyclic) bond motifs is 1. The Labute approximate surface area is 116 Å². The summed E-state index contributed by atoms with van der Waals surface area (Å²) in [6, 6.07) is 10.4. The Kier molecular flexibility index (Phi) is 2.95.